The van der Waals surface area contributed by atoms with Crippen LogP contribution in [0.1, 0.15) is 133 Å². The van der Waals surface area contributed by atoms with Crippen molar-refractivity contribution >= 4 is 62.6 Å². The largest absolute Gasteiger partial charge is 0.335 e. The van der Waals surface area contributed by atoms with Crippen LogP contribution in [0, 0.1) is 13.8 Å². The molecule has 0 saturated heterocycles. The second-order valence-electron chi connectivity index (χ2n) is 22.1. The van der Waals surface area contributed by atoms with Crippen molar-refractivity contribution in [2.45, 2.75) is 142 Å². The van der Waals surface area contributed by atoms with E-state index in [1.54, 1.807) is 11.1 Å². The minimum Gasteiger partial charge on any atom is -0.335 e. The third-order valence-corrected chi connectivity index (χ3v) is 17.3. The molecule has 1 saturated carbocycles. The molecule has 4 nitrogen and oxygen atoms in total. The fourth-order valence-corrected chi connectivity index (χ4v) is 13.5. The maximum absolute atomic E-state index is 5.61. The Kier molecular flexibility index (Phi) is 8.59. The summed E-state index contributed by atoms with van der Waals surface area (Å²) in [6, 6.07) is 42.5. The van der Waals surface area contributed by atoms with E-state index >= 15 is 0 Å². The van der Waals surface area contributed by atoms with E-state index in [9.17, 15) is 0 Å². The highest BCUT2D eigenvalue weighted by Crippen LogP contribution is 2.63. The molecule has 3 aliphatic heterocycles. The molecule has 64 heavy (non-hydrogen) atoms. The predicted molar refractivity (Wildman–Crippen MR) is 272 cm³/mol. The third kappa shape index (κ3) is 5.39. The van der Waals surface area contributed by atoms with Crippen LogP contribution in [0.5, 0.6) is 0 Å². The smallest absolute Gasteiger partial charge is 0.252 e. The first kappa shape index (κ1) is 40.0. The Balaban J connectivity index is 1.20. The van der Waals surface area contributed by atoms with Crippen molar-refractivity contribution in [2.24, 2.45) is 0 Å². The first-order chi connectivity index (χ1) is 30.7. The van der Waals surface area contributed by atoms with E-state index < -0.39 is 0 Å². The van der Waals surface area contributed by atoms with Gasteiger partial charge in [0.25, 0.3) is 6.71 Å². The summed E-state index contributed by atoms with van der Waals surface area (Å²) in [5, 5.41) is 0. The molecule has 0 spiro atoms. The van der Waals surface area contributed by atoms with Crippen LogP contribution in [-0.2, 0) is 22.7 Å². The number of anilines is 5. The molecule has 2 aliphatic carbocycles. The van der Waals surface area contributed by atoms with Crippen LogP contribution in [0.25, 0.3) is 28.1 Å². The molecule has 2 unspecified atom stereocenters. The molecule has 4 heterocycles. The van der Waals surface area contributed by atoms with Crippen LogP contribution in [0.2, 0.25) is 0 Å². The number of hydrogen-bond acceptors (Lipinski definition) is 3. The first-order valence-corrected chi connectivity index (χ1v) is 24.5. The fourth-order valence-electron chi connectivity index (χ4n) is 13.5. The molecule has 5 heteroatoms. The van der Waals surface area contributed by atoms with Gasteiger partial charge in [0.2, 0.25) is 0 Å². The van der Waals surface area contributed by atoms with Crippen molar-refractivity contribution in [3.63, 3.8) is 0 Å². The van der Waals surface area contributed by atoms with E-state index in [0.29, 0.717) is 0 Å². The molecular formula is C59H63BN4. The molecule has 0 N–H and O–H groups in total. The second kappa shape index (κ2) is 13.7. The maximum Gasteiger partial charge on any atom is 0.252 e. The summed E-state index contributed by atoms with van der Waals surface area (Å²) in [6.07, 6.45) is 10.9. The molecule has 0 bridgehead atoms. The quantitative estimate of drug-likeness (QED) is 0.156. The monoisotopic (exact) mass is 839 g/mol. The lowest BCUT2D eigenvalue weighted by Gasteiger charge is -2.53. The van der Waals surface area contributed by atoms with Crippen molar-refractivity contribution in [1.29, 1.82) is 0 Å². The number of para-hydroxylation sites is 1. The van der Waals surface area contributed by atoms with Crippen LogP contribution in [0.4, 0.5) is 28.4 Å². The van der Waals surface area contributed by atoms with E-state index in [2.05, 4.69) is 186 Å². The zero-order valence-corrected chi connectivity index (χ0v) is 39.6. The van der Waals surface area contributed by atoms with Crippen LogP contribution >= 0.6 is 0 Å². The lowest BCUT2D eigenvalue weighted by Crippen LogP contribution is -2.64. The minimum absolute atomic E-state index is 0.0253. The van der Waals surface area contributed by atoms with Gasteiger partial charge in [-0.3, -0.25) is 4.57 Å². The lowest BCUT2D eigenvalue weighted by atomic mass is 9.33. The summed E-state index contributed by atoms with van der Waals surface area (Å²) in [7, 11) is 0. The number of fused-ring (bicyclic) bond motifs is 9. The molecule has 7 aromatic rings. The highest BCUT2D eigenvalue weighted by molar-refractivity contribution is 7.00. The Hall–Kier alpha value is -5.55. The zero-order valence-electron chi connectivity index (χ0n) is 39.6. The number of unbranched alkanes of at least 4 members (excludes halogenated alkanes) is 1. The van der Waals surface area contributed by atoms with Gasteiger partial charge in [-0.05, 0) is 163 Å². The van der Waals surface area contributed by atoms with Crippen molar-refractivity contribution in [3.8, 4) is 17.1 Å². The Bertz CT molecular complexity index is 3060. The molecule has 6 aromatic carbocycles. The standard InChI is InChI=1S/C59H63BN4/c1-10-11-17-39-24-27-45-54-52(39)58(8)28-15-16-29-59(58,9)64(54)51-33-38(3)32-50-53(51)60(45)46-35-49-47(61-55(40-22-20-37(2)21-23-40)63(49)41-18-13-12-14-19-41)36-48(46)62(50)42-25-26-43-44(34-42)57(6,7)31-30-56(43,4)5/h12-14,18-27,32-36H,10-11,15-17,28-31H2,1-9H3. The average Bonchev–Trinajstić information content (AvgIpc) is 3.76. The normalized spacial score (nSPS) is 21.9. The molecule has 12 rings (SSSR count). The van der Waals surface area contributed by atoms with Gasteiger partial charge in [-0.25, -0.2) is 4.98 Å². The van der Waals surface area contributed by atoms with Gasteiger partial charge in [-0.2, -0.15) is 0 Å². The predicted octanol–water partition coefficient (Wildman–Crippen LogP) is 13.4. The van der Waals surface area contributed by atoms with Gasteiger partial charge >= 0.3 is 0 Å². The summed E-state index contributed by atoms with van der Waals surface area (Å²) >= 11 is 0. The third-order valence-electron chi connectivity index (χ3n) is 17.3. The zero-order chi connectivity index (χ0) is 44.1. The number of benzene rings is 6. The van der Waals surface area contributed by atoms with Gasteiger partial charge in [0.15, 0.2) is 0 Å². The molecule has 1 fully saturated rings. The molecule has 2 atom stereocenters. The van der Waals surface area contributed by atoms with E-state index in [-0.39, 0.29) is 28.5 Å². The number of aryl methyl sites for hydroxylation is 3. The lowest BCUT2D eigenvalue weighted by molar-refractivity contribution is 0.194. The number of aromatic nitrogens is 2. The number of hydrogen-bond donors (Lipinski definition) is 0. The summed E-state index contributed by atoms with van der Waals surface area (Å²) in [5.74, 6) is 0.975. The highest BCUT2D eigenvalue weighted by Gasteiger charge is 2.62. The van der Waals surface area contributed by atoms with Gasteiger partial charge in [0, 0.05) is 45.1 Å². The Morgan fingerprint density at radius 2 is 1.38 bits per heavy atom. The van der Waals surface area contributed by atoms with Crippen molar-refractivity contribution in [2.75, 3.05) is 9.80 Å². The molecule has 0 radical (unpaired) electrons. The van der Waals surface area contributed by atoms with E-state index in [1.807, 2.05) is 0 Å². The number of nitrogens with zero attached hydrogens (tertiary/aromatic N) is 4. The molecular weight excluding hydrogens is 775 g/mol. The number of rotatable bonds is 6. The van der Waals surface area contributed by atoms with E-state index in [4.69, 9.17) is 4.98 Å². The highest BCUT2D eigenvalue weighted by atomic mass is 15.3. The molecule has 322 valence electrons. The minimum atomic E-state index is -0.0253. The topological polar surface area (TPSA) is 24.3 Å². The fraction of sp³-hybridized carbons (Fsp3) is 0.373. The van der Waals surface area contributed by atoms with Gasteiger partial charge in [0.05, 0.1) is 16.6 Å². The van der Waals surface area contributed by atoms with E-state index in [0.717, 1.165) is 34.5 Å². The second-order valence-corrected chi connectivity index (χ2v) is 22.1. The van der Waals surface area contributed by atoms with Gasteiger partial charge in [0.1, 0.15) is 5.82 Å². The average molecular weight is 839 g/mol. The Morgan fingerprint density at radius 1 is 0.641 bits per heavy atom. The summed E-state index contributed by atoms with van der Waals surface area (Å²) in [6.45, 7) is 22.0. The Labute approximate surface area is 381 Å². The van der Waals surface area contributed by atoms with E-state index in [1.165, 1.54) is 118 Å². The molecule has 1 aromatic heterocycles. The van der Waals surface area contributed by atoms with Gasteiger partial charge in [-0.1, -0.05) is 127 Å². The maximum atomic E-state index is 5.61. The van der Waals surface area contributed by atoms with Crippen LogP contribution < -0.4 is 26.2 Å². The number of imidazole rings is 1. The molecule has 5 aliphatic rings. The Morgan fingerprint density at radius 3 is 2.14 bits per heavy atom. The molecule has 0 amide bonds. The summed E-state index contributed by atoms with van der Waals surface area (Å²) in [4.78, 5) is 11.2. The van der Waals surface area contributed by atoms with Crippen LogP contribution in [0.3, 0.4) is 0 Å². The summed E-state index contributed by atoms with van der Waals surface area (Å²) < 4.78 is 2.42. The van der Waals surface area contributed by atoms with Gasteiger partial charge in [-0.15, -0.1) is 0 Å². The van der Waals surface area contributed by atoms with Crippen LogP contribution in [0.15, 0.2) is 109 Å². The van der Waals surface area contributed by atoms with Crippen molar-refractivity contribution in [1.82, 2.24) is 9.55 Å². The first-order valence-electron chi connectivity index (χ1n) is 24.5. The summed E-state index contributed by atoms with van der Waals surface area (Å²) in [5.41, 5.74) is 24.5. The SMILES string of the molecule is CCCCc1ccc2c3c1C1(C)CCCCC1(C)N3c1cc(C)cc3c1B2c1cc2c(cc1N3c1ccc3c(c1)C(C)(C)CCC3(C)C)nc(-c1ccc(C)cc1)n2-c1ccccc1. The van der Waals surface area contributed by atoms with Crippen LogP contribution in [-0.4, -0.2) is 21.8 Å². The van der Waals surface area contributed by atoms with Crippen molar-refractivity contribution < 1.29 is 0 Å². The van der Waals surface area contributed by atoms with Crippen molar-refractivity contribution in [3.05, 3.63) is 143 Å². The van der Waals surface area contributed by atoms with Gasteiger partial charge < -0.3 is 9.80 Å².